The fourth-order valence-corrected chi connectivity index (χ4v) is 4.16. The second-order valence-electron chi connectivity index (χ2n) is 6.50. The van der Waals surface area contributed by atoms with Crippen molar-refractivity contribution in [3.63, 3.8) is 0 Å². The summed E-state index contributed by atoms with van der Waals surface area (Å²) in [4.78, 5) is 11.3. The number of fused-ring (bicyclic) bond motifs is 1. The zero-order valence-electron chi connectivity index (χ0n) is 10.9. The molecule has 2 nitrogen and oxygen atoms in total. The van der Waals surface area contributed by atoms with Crippen LogP contribution in [0.15, 0.2) is 11.6 Å². The van der Waals surface area contributed by atoms with Gasteiger partial charge in [0.05, 0.1) is 0 Å². The van der Waals surface area contributed by atoms with Crippen molar-refractivity contribution >= 4 is 5.97 Å². The van der Waals surface area contributed by atoms with Crippen LogP contribution in [-0.2, 0) is 9.53 Å². The number of carbonyl (C=O) groups is 1. The van der Waals surface area contributed by atoms with Crippen molar-refractivity contribution in [1.82, 2.24) is 0 Å². The molecule has 4 atom stereocenters. The lowest BCUT2D eigenvalue weighted by Crippen LogP contribution is -2.30. The van der Waals surface area contributed by atoms with Crippen molar-refractivity contribution in [1.29, 1.82) is 0 Å². The van der Waals surface area contributed by atoms with Crippen LogP contribution in [0.2, 0.25) is 0 Å². The average Bonchev–Trinajstić information content (AvgIpc) is 2.53. The molecule has 0 aromatic heterocycles. The summed E-state index contributed by atoms with van der Waals surface area (Å²) in [7, 11) is 0. The van der Waals surface area contributed by atoms with E-state index in [0.29, 0.717) is 13.0 Å². The van der Waals surface area contributed by atoms with Crippen LogP contribution in [0.4, 0.5) is 0 Å². The Hall–Kier alpha value is -0.790. The molecule has 0 amide bonds. The van der Waals surface area contributed by atoms with Gasteiger partial charge in [-0.15, -0.1) is 0 Å². The lowest BCUT2D eigenvalue weighted by atomic mass is 9.68. The Morgan fingerprint density at radius 1 is 1.53 bits per heavy atom. The highest BCUT2D eigenvalue weighted by Crippen LogP contribution is 2.58. The fourth-order valence-electron chi connectivity index (χ4n) is 4.16. The van der Waals surface area contributed by atoms with E-state index >= 15 is 0 Å². The van der Waals surface area contributed by atoms with Gasteiger partial charge in [-0.25, -0.2) is 0 Å². The molecule has 2 heteroatoms. The molecule has 17 heavy (non-hydrogen) atoms. The first-order chi connectivity index (χ1) is 8.09. The van der Waals surface area contributed by atoms with Crippen LogP contribution >= 0.6 is 0 Å². The molecule has 0 N–H and O–H groups in total. The molecule has 2 fully saturated rings. The van der Waals surface area contributed by atoms with Crippen LogP contribution in [0.25, 0.3) is 0 Å². The maximum Gasteiger partial charge on any atom is 0.305 e. The molecule has 0 radical (unpaired) electrons. The third kappa shape index (κ3) is 1.92. The number of allylic oxidation sites excluding steroid dienone is 1. The summed E-state index contributed by atoms with van der Waals surface area (Å²) in [5.74, 6) is 2.69. The van der Waals surface area contributed by atoms with Crippen LogP contribution in [0.5, 0.6) is 0 Å². The van der Waals surface area contributed by atoms with Gasteiger partial charge in [-0.1, -0.05) is 25.5 Å². The predicted octanol–water partition coefficient (Wildman–Crippen LogP) is 3.32. The third-order valence-corrected chi connectivity index (χ3v) is 4.91. The summed E-state index contributed by atoms with van der Waals surface area (Å²) >= 11 is 0. The van der Waals surface area contributed by atoms with Gasteiger partial charge in [0, 0.05) is 11.8 Å². The highest BCUT2D eigenvalue weighted by Gasteiger charge is 2.48. The summed E-state index contributed by atoms with van der Waals surface area (Å²) in [6.45, 7) is 4.70. The van der Waals surface area contributed by atoms with Gasteiger partial charge in [0.2, 0.25) is 0 Å². The minimum absolute atomic E-state index is 0.0643. The Labute approximate surface area is 103 Å². The standard InChI is InChI=1S/C15H22O2/c1-3-14(16)17-9-15(2)7-10-4-11-6-12(8-15)13(11)5-10/h8,10-11,13H,3-7,9H2,1-2H3. The van der Waals surface area contributed by atoms with Crippen LogP contribution < -0.4 is 0 Å². The van der Waals surface area contributed by atoms with E-state index in [9.17, 15) is 4.79 Å². The van der Waals surface area contributed by atoms with E-state index in [0.717, 1.165) is 17.8 Å². The Kier molecular flexibility index (Phi) is 2.57. The molecule has 3 aliphatic carbocycles. The van der Waals surface area contributed by atoms with E-state index < -0.39 is 0 Å². The molecular formula is C15H22O2. The van der Waals surface area contributed by atoms with Crippen LogP contribution in [0, 0.1) is 23.2 Å². The van der Waals surface area contributed by atoms with Gasteiger partial charge in [0.1, 0.15) is 6.61 Å². The monoisotopic (exact) mass is 234 g/mol. The molecule has 94 valence electrons. The van der Waals surface area contributed by atoms with E-state index in [1.54, 1.807) is 5.57 Å². The van der Waals surface area contributed by atoms with Gasteiger partial charge in [0.25, 0.3) is 0 Å². The first kappa shape index (κ1) is 11.3. The lowest BCUT2D eigenvalue weighted by Gasteiger charge is -2.38. The van der Waals surface area contributed by atoms with E-state index in [2.05, 4.69) is 13.0 Å². The van der Waals surface area contributed by atoms with Gasteiger partial charge >= 0.3 is 5.97 Å². The number of ether oxygens (including phenoxy) is 1. The van der Waals surface area contributed by atoms with Crippen molar-refractivity contribution in [3.05, 3.63) is 11.6 Å². The minimum atomic E-state index is -0.0643. The molecule has 2 bridgehead atoms. The molecular weight excluding hydrogens is 212 g/mol. The molecule has 3 aliphatic rings. The Morgan fingerprint density at radius 2 is 2.35 bits per heavy atom. The molecule has 0 spiro atoms. The first-order valence-corrected chi connectivity index (χ1v) is 6.97. The van der Waals surface area contributed by atoms with Gasteiger partial charge in [0.15, 0.2) is 0 Å². The van der Waals surface area contributed by atoms with E-state index in [4.69, 9.17) is 4.74 Å². The Morgan fingerprint density at radius 3 is 3.12 bits per heavy atom. The van der Waals surface area contributed by atoms with Gasteiger partial charge in [-0.2, -0.15) is 0 Å². The maximum absolute atomic E-state index is 11.3. The van der Waals surface area contributed by atoms with Gasteiger partial charge in [-0.05, 0) is 43.4 Å². The van der Waals surface area contributed by atoms with Crippen LogP contribution in [0.1, 0.15) is 46.0 Å². The van der Waals surface area contributed by atoms with Crippen LogP contribution in [-0.4, -0.2) is 12.6 Å². The minimum Gasteiger partial charge on any atom is -0.465 e. The zero-order chi connectivity index (χ0) is 12.0. The normalized spacial score (nSPS) is 42.5. The zero-order valence-corrected chi connectivity index (χ0v) is 10.9. The molecule has 0 saturated heterocycles. The molecule has 3 rings (SSSR count). The third-order valence-electron chi connectivity index (χ3n) is 4.91. The smallest absolute Gasteiger partial charge is 0.305 e. The Bertz CT molecular complexity index is 371. The van der Waals surface area contributed by atoms with Crippen molar-refractivity contribution in [3.8, 4) is 0 Å². The second kappa shape index (κ2) is 3.86. The number of rotatable bonds is 3. The molecule has 4 unspecified atom stereocenters. The largest absolute Gasteiger partial charge is 0.465 e. The summed E-state index contributed by atoms with van der Waals surface area (Å²) < 4.78 is 5.38. The SMILES string of the molecule is CCC(=O)OCC1(C)C=C2CC3CC(CC23)C1. The number of hydrogen-bond acceptors (Lipinski definition) is 2. The van der Waals surface area contributed by atoms with E-state index in [1.807, 2.05) is 6.92 Å². The summed E-state index contributed by atoms with van der Waals surface area (Å²) in [5, 5.41) is 0. The maximum atomic E-state index is 11.3. The van der Waals surface area contributed by atoms with Gasteiger partial charge in [-0.3, -0.25) is 4.79 Å². The van der Waals surface area contributed by atoms with Crippen molar-refractivity contribution in [2.75, 3.05) is 6.61 Å². The molecule has 0 aromatic carbocycles. The summed E-state index contributed by atoms with van der Waals surface area (Å²) in [5.41, 5.74) is 1.76. The summed E-state index contributed by atoms with van der Waals surface area (Å²) in [6, 6.07) is 0. The van der Waals surface area contributed by atoms with Crippen LogP contribution in [0.3, 0.4) is 0 Å². The molecule has 0 heterocycles. The predicted molar refractivity (Wildman–Crippen MR) is 66.4 cm³/mol. The molecule has 0 aliphatic heterocycles. The Balaban J connectivity index is 1.72. The average molecular weight is 234 g/mol. The quantitative estimate of drug-likeness (QED) is 0.553. The van der Waals surface area contributed by atoms with E-state index in [-0.39, 0.29) is 11.4 Å². The fraction of sp³-hybridized carbons (Fsp3) is 0.800. The second-order valence-corrected chi connectivity index (χ2v) is 6.50. The number of esters is 1. The lowest BCUT2D eigenvalue weighted by molar-refractivity contribution is -0.146. The first-order valence-electron chi connectivity index (χ1n) is 6.97. The number of hydrogen-bond donors (Lipinski definition) is 0. The number of carbonyl (C=O) groups excluding carboxylic acids is 1. The summed E-state index contributed by atoms with van der Waals surface area (Å²) in [6.07, 6.45) is 8.27. The molecule has 2 saturated carbocycles. The van der Waals surface area contributed by atoms with Crippen molar-refractivity contribution in [2.45, 2.75) is 46.0 Å². The van der Waals surface area contributed by atoms with Crippen molar-refractivity contribution < 1.29 is 9.53 Å². The topological polar surface area (TPSA) is 26.3 Å². The highest BCUT2D eigenvalue weighted by atomic mass is 16.5. The van der Waals surface area contributed by atoms with Gasteiger partial charge < -0.3 is 4.74 Å². The highest BCUT2D eigenvalue weighted by molar-refractivity contribution is 5.68. The molecule has 0 aromatic rings. The van der Waals surface area contributed by atoms with Crippen molar-refractivity contribution in [2.24, 2.45) is 23.2 Å². The van der Waals surface area contributed by atoms with E-state index in [1.165, 1.54) is 25.7 Å².